The number of aromatic nitrogens is 2. The first-order chi connectivity index (χ1) is 23.3. The molecule has 1 N–H and O–H groups in total. The van der Waals surface area contributed by atoms with Crippen molar-refractivity contribution in [1.82, 2.24) is 19.8 Å². The number of anilines is 1. The number of non-ortho nitro benzene ring substituents is 1. The Labute approximate surface area is 277 Å². The Bertz CT molecular complexity index is 1660. The van der Waals surface area contributed by atoms with E-state index >= 15 is 0 Å². The topological polar surface area (TPSA) is 126 Å². The number of ether oxygens (including phenoxy) is 3. The predicted octanol–water partition coefficient (Wildman–Crippen LogP) is 4.25. The normalized spacial score (nSPS) is 21.1. The monoisotopic (exact) mass is 668 g/mol. The second-order valence-electron chi connectivity index (χ2n) is 13.4. The summed E-state index contributed by atoms with van der Waals surface area (Å²) in [7, 11) is 0. The van der Waals surface area contributed by atoms with Crippen molar-refractivity contribution in [3.8, 4) is 5.75 Å². The summed E-state index contributed by atoms with van der Waals surface area (Å²) in [6.07, 6.45) is 5.51. The fourth-order valence-corrected chi connectivity index (χ4v) is 7.49. The molecule has 0 radical (unpaired) electrons. The summed E-state index contributed by atoms with van der Waals surface area (Å²) < 4.78 is 46.8. The molecule has 1 aromatic heterocycles. The van der Waals surface area contributed by atoms with Crippen LogP contribution in [0, 0.1) is 27.7 Å². The molecule has 0 spiro atoms. The molecule has 0 unspecified atom stereocenters. The Hall–Kier alpha value is -3.72. The molecule has 258 valence electrons. The largest absolute Gasteiger partial charge is 0.493 e. The summed E-state index contributed by atoms with van der Waals surface area (Å²) in [4.78, 5) is 37.2. The average Bonchev–Trinajstić information content (AvgIpc) is 3.07. The number of nitro benzene ring substituents is 1. The number of likely N-dealkylation sites (tertiary alicyclic amines) is 2. The van der Waals surface area contributed by atoms with E-state index in [4.69, 9.17) is 14.2 Å². The first-order valence-electron chi connectivity index (χ1n) is 17.0. The van der Waals surface area contributed by atoms with Crippen LogP contribution in [0.1, 0.15) is 44.3 Å². The number of nitrogens with one attached hydrogen (secondary N) is 1. The molecule has 4 aliphatic heterocycles. The first kappa shape index (κ1) is 32.8. The fourth-order valence-electron chi connectivity index (χ4n) is 7.49. The highest BCUT2D eigenvalue weighted by Crippen LogP contribution is 2.31. The summed E-state index contributed by atoms with van der Waals surface area (Å²) in [6, 6.07) is 7.78. The van der Waals surface area contributed by atoms with E-state index in [0.29, 0.717) is 55.1 Å². The molecule has 0 bridgehead atoms. The number of halogens is 2. The lowest BCUT2D eigenvalue weighted by molar-refractivity contribution is -0.385. The van der Waals surface area contributed by atoms with Gasteiger partial charge in [-0.05, 0) is 63.6 Å². The molecule has 4 fully saturated rings. The Morgan fingerprint density at radius 3 is 2.40 bits per heavy atom. The molecule has 0 aliphatic carbocycles. The summed E-state index contributed by atoms with van der Waals surface area (Å²) in [5.74, 6) is -0.105. The van der Waals surface area contributed by atoms with E-state index in [0.717, 1.165) is 83.9 Å². The Balaban J connectivity index is 0.847. The van der Waals surface area contributed by atoms with Crippen LogP contribution < -0.4 is 15.2 Å². The Morgan fingerprint density at radius 1 is 0.938 bits per heavy atom. The van der Waals surface area contributed by atoms with Gasteiger partial charge in [-0.3, -0.25) is 24.7 Å². The van der Waals surface area contributed by atoms with E-state index in [1.807, 2.05) is 4.90 Å². The molecule has 2 aromatic carbocycles. The van der Waals surface area contributed by atoms with E-state index in [1.165, 1.54) is 18.2 Å². The molecule has 7 rings (SSSR count). The van der Waals surface area contributed by atoms with Crippen molar-refractivity contribution >= 4 is 22.3 Å². The van der Waals surface area contributed by atoms with Gasteiger partial charge in [0.15, 0.2) is 5.82 Å². The molecule has 48 heavy (non-hydrogen) atoms. The van der Waals surface area contributed by atoms with Gasteiger partial charge in [0.25, 0.3) is 11.2 Å². The molecule has 12 nitrogen and oxygen atoms in total. The van der Waals surface area contributed by atoms with Gasteiger partial charge in [-0.15, -0.1) is 0 Å². The van der Waals surface area contributed by atoms with Gasteiger partial charge in [-0.2, -0.15) is 0 Å². The number of nitro groups is 1. The fraction of sp³-hybridized carbons (Fsp3) is 0.588. The summed E-state index contributed by atoms with van der Waals surface area (Å²) in [5, 5.41) is 10.9. The maximum Gasteiger partial charge on any atom is 0.272 e. The third kappa shape index (κ3) is 7.31. The number of benzene rings is 2. The molecule has 4 aliphatic rings. The van der Waals surface area contributed by atoms with Gasteiger partial charge in [0.2, 0.25) is 0 Å². The van der Waals surface area contributed by atoms with Crippen molar-refractivity contribution in [1.29, 1.82) is 0 Å². The summed E-state index contributed by atoms with van der Waals surface area (Å²) in [6.45, 7) is 7.42. The second kappa shape index (κ2) is 14.4. The zero-order chi connectivity index (χ0) is 33.2. The highest BCUT2D eigenvalue weighted by atomic mass is 19.1. The zero-order valence-electron chi connectivity index (χ0n) is 27.0. The van der Waals surface area contributed by atoms with Crippen LogP contribution in [0.5, 0.6) is 5.75 Å². The number of nitrogens with zero attached hydrogens (tertiary/aromatic N) is 5. The van der Waals surface area contributed by atoms with Gasteiger partial charge in [0.05, 0.1) is 34.9 Å². The maximum absolute atomic E-state index is 14.9. The third-order valence-electron chi connectivity index (χ3n) is 10.4. The molecule has 14 heteroatoms. The Kier molecular flexibility index (Phi) is 9.85. The van der Waals surface area contributed by atoms with Crippen LogP contribution in [0.4, 0.5) is 20.2 Å². The van der Waals surface area contributed by atoms with Gasteiger partial charge >= 0.3 is 0 Å². The standard InChI is InChI=1S/C34H42F2N6O6/c35-28-15-24(42(44)45)1-2-31(28)40-11-5-23(6-12-40)41-18-25(19-41)39-9-3-22(4-10-39)20-47-27-16-29(36)33-30(17-27)37-32(38-34(33)43)21-48-26-7-13-46-14-8-26/h1-2,15-17,22-23,25-26H,3-14,18-21H2,(H,37,38,43). The van der Waals surface area contributed by atoms with Gasteiger partial charge < -0.3 is 24.1 Å². The van der Waals surface area contributed by atoms with E-state index in [2.05, 4.69) is 19.8 Å². The summed E-state index contributed by atoms with van der Waals surface area (Å²) in [5.41, 5.74) is -0.0637. The lowest BCUT2D eigenvalue weighted by atomic mass is 9.92. The van der Waals surface area contributed by atoms with E-state index in [9.17, 15) is 23.7 Å². The smallest absolute Gasteiger partial charge is 0.272 e. The minimum atomic E-state index is -0.651. The quantitative estimate of drug-likeness (QED) is 0.248. The maximum atomic E-state index is 14.9. The highest BCUT2D eigenvalue weighted by Gasteiger charge is 2.38. The second-order valence-corrected chi connectivity index (χ2v) is 13.4. The van der Waals surface area contributed by atoms with Crippen LogP contribution in [0.25, 0.3) is 10.9 Å². The highest BCUT2D eigenvalue weighted by molar-refractivity contribution is 5.79. The van der Waals surface area contributed by atoms with Crippen LogP contribution in [0.3, 0.4) is 0 Å². The molecular weight excluding hydrogens is 626 g/mol. The minimum absolute atomic E-state index is 0.0512. The number of aromatic amines is 1. The first-order valence-corrected chi connectivity index (χ1v) is 17.0. The van der Waals surface area contributed by atoms with Crippen molar-refractivity contribution in [2.45, 2.75) is 63.3 Å². The molecule has 0 atom stereocenters. The van der Waals surface area contributed by atoms with E-state index < -0.39 is 22.1 Å². The minimum Gasteiger partial charge on any atom is -0.493 e. The van der Waals surface area contributed by atoms with Gasteiger partial charge in [0, 0.05) is 69.7 Å². The number of hydrogen-bond donors (Lipinski definition) is 1. The van der Waals surface area contributed by atoms with Crippen LogP contribution in [0.15, 0.2) is 35.1 Å². The predicted molar refractivity (Wildman–Crippen MR) is 174 cm³/mol. The van der Waals surface area contributed by atoms with Crippen molar-refractivity contribution in [3.05, 3.63) is 68.3 Å². The van der Waals surface area contributed by atoms with Crippen molar-refractivity contribution in [2.75, 3.05) is 64.0 Å². The SMILES string of the molecule is O=c1[nH]c(COC2CCOCC2)nc2cc(OCC3CCN(C4CN(C5CCN(c6ccc([N+](=O)[O-])cc6F)CC5)C4)CC3)cc(F)c12. The van der Waals surface area contributed by atoms with Crippen molar-refractivity contribution < 1.29 is 27.9 Å². The van der Waals surface area contributed by atoms with Gasteiger partial charge in [-0.25, -0.2) is 13.8 Å². The lowest BCUT2D eigenvalue weighted by Crippen LogP contribution is -2.64. The van der Waals surface area contributed by atoms with Crippen LogP contribution in [-0.2, 0) is 16.1 Å². The van der Waals surface area contributed by atoms with Crippen molar-refractivity contribution in [2.24, 2.45) is 5.92 Å². The van der Waals surface area contributed by atoms with Crippen LogP contribution in [-0.4, -0.2) is 102 Å². The van der Waals surface area contributed by atoms with E-state index in [-0.39, 0.29) is 29.3 Å². The number of piperidine rings is 2. The number of fused-ring (bicyclic) bond motifs is 1. The number of hydrogen-bond acceptors (Lipinski definition) is 10. The van der Waals surface area contributed by atoms with E-state index in [1.54, 1.807) is 6.07 Å². The van der Waals surface area contributed by atoms with Gasteiger partial charge in [0.1, 0.15) is 29.4 Å². The lowest BCUT2D eigenvalue weighted by Gasteiger charge is -2.52. The summed E-state index contributed by atoms with van der Waals surface area (Å²) >= 11 is 0. The number of H-pyrrole nitrogens is 1. The van der Waals surface area contributed by atoms with Crippen LogP contribution in [0.2, 0.25) is 0 Å². The van der Waals surface area contributed by atoms with Crippen LogP contribution >= 0.6 is 0 Å². The molecular formula is C34H42F2N6O6. The third-order valence-corrected chi connectivity index (χ3v) is 10.4. The van der Waals surface area contributed by atoms with Gasteiger partial charge in [-0.1, -0.05) is 0 Å². The Morgan fingerprint density at radius 2 is 1.69 bits per heavy atom. The van der Waals surface area contributed by atoms with Crippen molar-refractivity contribution in [3.63, 3.8) is 0 Å². The zero-order valence-corrected chi connectivity index (χ0v) is 27.0. The molecule has 4 saturated heterocycles. The number of rotatable bonds is 10. The molecule has 0 amide bonds. The molecule has 0 saturated carbocycles. The molecule has 5 heterocycles. The molecule has 3 aromatic rings. The average molecular weight is 669 g/mol.